The number of benzene rings is 10. The highest BCUT2D eigenvalue weighted by Crippen LogP contribution is 2.46. The minimum Gasteiger partial charge on any atom is -0.455 e. The molecule has 0 radical (unpaired) electrons. The van der Waals surface area contributed by atoms with Gasteiger partial charge in [-0.2, -0.15) is 0 Å². The van der Waals surface area contributed by atoms with Crippen molar-refractivity contribution in [1.29, 1.82) is 0 Å². The number of furan rings is 1. The average molecular weight is 662 g/mol. The third-order valence-corrected chi connectivity index (χ3v) is 9.72. The summed E-state index contributed by atoms with van der Waals surface area (Å²) in [6.07, 6.45) is 0. The Bertz CT molecular complexity index is 3980. The van der Waals surface area contributed by atoms with Gasteiger partial charge in [0.2, 0.25) is 0 Å². The number of para-hydroxylation sites is 1. The molecule has 0 bridgehead atoms. The predicted molar refractivity (Wildman–Crippen MR) is 218 cm³/mol. The Kier molecular flexibility index (Phi) is 3.70. The summed E-state index contributed by atoms with van der Waals surface area (Å²) >= 11 is 0. The van der Waals surface area contributed by atoms with Crippen LogP contribution in [0.1, 0.15) is 20.6 Å². The van der Waals surface area contributed by atoms with Gasteiger partial charge in [-0.1, -0.05) is 163 Å². The highest BCUT2D eigenvalue weighted by molar-refractivity contribution is 6.23. The van der Waals surface area contributed by atoms with Crippen LogP contribution in [0.2, 0.25) is 0 Å². The van der Waals surface area contributed by atoms with Crippen molar-refractivity contribution in [3.8, 4) is 33.4 Å². The molecule has 0 saturated carbocycles. The van der Waals surface area contributed by atoms with Crippen molar-refractivity contribution in [1.82, 2.24) is 0 Å². The molecule has 0 atom stereocenters. The molecule has 1 nitrogen and oxygen atoms in total. The van der Waals surface area contributed by atoms with Crippen molar-refractivity contribution in [3.63, 3.8) is 0 Å². The van der Waals surface area contributed by atoms with Gasteiger partial charge in [0.15, 0.2) is 0 Å². The fraction of sp³-hybridized carbons (Fsp3) is 0. The predicted octanol–water partition coefficient (Wildman–Crippen LogP) is 14.4. The van der Waals surface area contributed by atoms with E-state index in [1.165, 1.54) is 0 Å². The summed E-state index contributed by atoms with van der Waals surface area (Å²) in [6, 6.07) is 18.9. The monoisotopic (exact) mass is 661 g/mol. The van der Waals surface area contributed by atoms with Crippen LogP contribution in [0.4, 0.5) is 0 Å². The van der Waals surface area contributed by atoms with E-state index in [4.69, 9.17) is 16.8 Å². The molecule has 236 valence electrons. The number of hydrogen-bond donors (Lipinski definition) is 0. The van der Waals surface area contributed by atoms with E-state index in [0.29, 0.717) is 22.1 Å². The molecule has 0 saturated heterocycles. The van der Waals surface area contributed by atoms with Crippen molar-refractivity contribution in [3.05, 3.63) is 182 Å². The molecule has 0 aliphatic carbocycles. The molecule has 0 fully saturated rings. The third kappa shape index (κ3) is 4.22. The fourth-order valence-corrected chi connectivity index (χ4v) is 7.51. The maximum absolute atomic E-state index is 9.51. The van der Waals surface area contributed by atoms with Crippen LogP contribution >= 0.6 is 0 Å². The summed E-state index contributed by atoms with van der Waals surface area (Å²) in [6.45, 7) is 0. The smallest absolute Gasteiger partial charge is 0.143 e. The Hall–Kier alpha value is -6.70. The first-order chi connectivity index (χ1) is 31.5. The van der Waals surface area contributed by atoms with E-state index >= 15 is 0 Å². The normalized spacial score (nSPS) is 16.0. The van der Waals surface area contributed by atoms with Gasteiger partial charge in [0.1, 0.15) is 11.2 Å². The van der Waals surface area contributed by atoms with Crippen molar-refractivity contribution in [2.75, 3.05) is 0 Å². The molecule has 51 heavy (non-hydrogen) atoms. The number of hydrogen-bond acceptors (Lipinski definition) is 1. The second-order valence-electron chi connectivity index (χ2n) is 12.4. The summed E-state index contributed by atoms with van der Waals surface area (Å²) < 4.78 is 142. The first kappa shape index (κ1) is 17.3. The highest BCUT2D eigenvalue weighted by Gasteiger charge is 2.19. The topological polar surface area (TPSA) is 13.1 Å². The molecule has 0 N–H and O–H groups in total. The molecule has 0 unspecified atom stereocenters. The van der Waals surface area contributed by atoms with E-state index in [1.807, 2.05) is 72.8 Å². The zero-order valence-electron chi connectivity index (χ0n) is 41.6. The Morgan fingerprint density at radius 1 is 0.392 bits per heavy atom. The molecule has 11 aromatic rings. The Morgan fingerprint density at radius 2 is 1.00 bits per heavy atom. The molecule has 1 heteroatoms. The summed E-state index contributed by atoms with van der Waals surface area (Å²) in [5.74, 6) is 0. The Balaban J connectivity index is 1.31. The molecule has 0 amide bonds. The standard InChI is InChI=1S/C50H30O/c1-2-13-34-29-35(25-23-31(34)11-1)47-39-16-5-7-18-41(39)48(42-19-8-6-17-40(42)47)36-26-24-33-14-9-20-38(45(33)30-36)43-21-10-22-44-49-37-15-4-3-12-32(37)27-28-46(49)51-50(43)44/h1-30H/i1D,2D,5D,6D,7D,8D,11D,13D,16D,17D,18D,19D,23D,25D,29D. The van der Waals surface area contributed by atoms with Gasteiger partial charge < -0.3 is 4.42 Å². The molecular weight excluding hydrogens is 617 g/mol. The lowest BCUT2D eigenvalue weighted by molar-refractivity contribution is 0.670. The van der Waals surface area contributed by atoms with Gasteiger partial charge >= 0.3 is 0 Å². The minimum absolute atomic E-state index is 0.0275. The first-order valence-corrected chi connectivity index (χ1v) is 16.4. The summed E-state index contributed by atoms with van der Waals surface area (Å²) in [4.78, 5) is 0. The van der Waals surface area contributed by atoms with Crippen LogP contribution < -0.4 is 0 Å². The van der Waals surface area contributed by atoms with E-state index in [1.54, 1.807) is 12.1 Å². The van der Waals surface area contributed by atoms with Crippen LogP contribution in [-0.4, -0.2) is 0 Å². The lowest BCUT2D eigenvalue weighted by atomic mass is 9.85. The summed E-state index contributed by atoms with van der Waals surface area (Å²) in [7, 11) is 0. The van der Waals surface area contributed by atoms with Crippen LogP contribution in [0.3, 0.4) is 0 Å². The van der Waals surface area contributed by atoms with Gasteiger partial charge in [-0.3, -0.25) is 0 Å². The van der Waals surface area contributed by atoms with Crippen molar-refractivity contribution < 1.29 is 25.0 Å². The van der Waals surface area contributed by atoms with Crippen molar-refractivity contribution in [2.24, 2.45) is 0 Å². The van der Waals surface area contributed by atoms with E-state index in [0.717, 1.165) is 38.1 Å². The first-order valence-electron chi connectivity index (χ1n) is 23.9. The molecule has 10 aromatic carbocycles. The fourth-order valence-electron chi connectivity index (χ4n) is 7.51. The highest BCUT2D eigenvalue weighted by atomic mass is 16.3. The molecule has 11 rings (SSSR count). The zero-order chi connectivity index (χ0) is 46.5. The Labute approximate surface area is 315 Å². The molecule has 1 heterocycles. The van der Waals surface area contributed by atoms with Crippen LogP contribution in [0.25, 0.3) is 109 Å². The van der Waals surface area contributed by atoms with Crippen molar-refractivity contribution in [2.45, 2.75) is 0 Å². The average Bonchev–Trinajstić information content (AvgIpc) is 3.72. The minimum atomic E-state index is -0.740. The van der Waals surface area contributed by atoms with E-state index in [-0.39, 0.29) is 32.7 Å². The molecule has 0 aliphatic rings. The largest absolute Gasteiger partial charge is 0.455 e. The van der Waals surface area contributed by atoms with E-state index in [2.05, 4.69) is 6.07 Å². The molecule has 0 aliphatic heterocycles. The van der Waals surface area contributed by atoms with Crippen LogP contribution in [0.15, 0.2) is 186 Å². The Morgan fingerprint density at radius 3 is 1.80 bits per heavy atom. The maximum Gasteiger partial charge on any atom is 0.143 e. The summed E-state index contributed by atoms with van der Waals surface area (Å²) in [5.41, 5.74) is 2.33. The van der Waals surface area contributed by atoms with Crippen LogP contribution in [0, 0.1) is 0 Å². The quantitative estimate of drug-likeness (QED) is 0.172. The summed E-state index contributed by atoms with van der Waals surface area (Å²) in [5, 5.41) is 3.60. The number of rotatable bonds is 3. The van der Waals surface area contributed by atoms with Crippen LogP contribution in [-0.2, 0) is 0 Å². The number of fused-ring (bicyclic) bond motifs is 9. The third-order valence-electron chi connectivity index (χ3n) is 9.72. The molecule has 0 spiro atoms. The van der Waals surface area contributed by atoms with Gasteiger partial charge in [-0.15, -0.1) is 0 Å². The lowest BCUT2D eigenvalue weighted by Gasteiger charge is -2.18. The zero-order valence-corrected chi connectivity index (χ0v) is 26.6. The van der Waals surface area contributed by atoms with Crippen LogP contribution in [0.5, 0.6) is 0 Å². The SMILES string of the molecule is [2H]c1c([2H])c([2H])c2c([2H])c(-c3c4c([2H])c([2H])c([2H])c([2H])c4c(-c4ccc5cccc(-c6cccc7c6oc6ccc8ccccc8c67)c5c4)c4c([2H])c([2H])c([2H])c([2H])c34)c([2H])c([2H])c2c1[2H]. The van der Waals surface area contributed by atoms with Gasteiger partial charge in [0.05, 0.1) is 20.6 Å². The molecule has 1 aromatic heterocycles. The van der Waals surface area contributed by atoms with Gasteiger partial charge in [-0.05, 0) is 99.9 Å². The van der Waals surface area contributed by atoms with Crippen molar-refractivity contribution >= 4 is 75.8 Å². The second kappa shape index (κ2) is 10.9. The van der Waals surface area contributed by atoms with E-state index in [9.17, 15) is 8.22 Å². The second-order valence-corrected chi connectivity index (χ2v) is 12.4. The van der Waals surface area contributed by atoms with E-state index < -0.39 is 107 Å². The van der Waals surface area contributed by atoms with Gasteiger partial charge in [0, 0.05) is 16.3 Å². The lowest BCUT2D eigenvalue weighted by Crippen LogP contribution is -1.91. The van der Waals surface area contributed by atoms with Gasteiger partial charge in [-0.25, -0.2) is 0 Å². The molecular formula is C50H30O. The van der Waals surface area contributed by atoms with Gasteiger partial charge in [0.25, 0.3) is 0 Å². The maximum atomic E-state index is 9.51.